The van der Waals surface area contributed by atoms with Crippen molar-refractivity contribution in [3.05, 3.63) is 74.7 Å². The highest BCUT2D eigenvalue weighted by Crippen LogP contribution is 2.32. The van der Waals surface area contributed by atoms with Crippen molar-refractivity contribution < 1.29 is 28.8 Å². The molecule has 10 nitrogen and oxygen atoms in total. The maximum Gasteiger partial charge on any atom is 0.293 e. The Morgan fingerprint density at radius 2 is 1.94 bits per heavy atom. The van der Waals surface area contributed by atoms with Crippen LogP contribution in [-0.4, -0.2) is 59.3 Å². The third-order valence-electron chi connectivity index (χ3n) is 5.47. The van der Waals surface area contributed by atoms with Crippen LogP contribution < -0.4 is 10.1 Å². The Bertz CT molecular complexity index is 1140. The molecule has 2 saturated heterocycles. The van der Waals surface area contributed by atoms with E-state index in [0.29, 0.717) is 23.5 Å². The van der Waals surface area contributed by atoms with Gasteiger partial charge in [-0.2, -0.15) is 0 Å². The molecule has 1 N–H and O–H groups in total. The number of nitrogens with zero attached hydrogens (tertiary/aromatic N) is 2. The number of imide groups is 1. The number of rotatable bonds is 9. The van der Waals surface area contributed by atoms with Crippen LogP contribution in [0, 0.1) is 10.1 Å². The van der Waals surface area contributed by atoms with Crippen LogP contribution in [0.2, 0.25) is 0 Å². The lowest BCUT2D eigenvalue weighted by Gasteiger charge is -2.13. The van der Waals surface area contributed by atoms with E-state index in [1.54, 1.807) is 24.3 Å². The van der Waals surface area contributed by atoms with Gasteiger partial charge in [0.25, 0.3) is 22.7 Å². The number of benzene rings is 2. The maximum absolute atomic E-state index is 12.6. The molecule has 2 fully saturated rings. The number of hydrogen-bond acceptors (Lipinski definition) is 8. The Balaban J connectivity index is 1.26. The largest absolute Gasteiger partial charge is 0.491 e. The lowest BCUT2D eigenvalue weighted by molar-refractivity contribution is -0.384. The molecule has 1 unspecified atom stereocenters. The van der Waals surface area contributed by atoms with E-state index >= 15 is 0 Å². The van der Waals surface area contributed by atoms with Gasteiger partial charge in [0, 0.05) is 37.4 Å². The Morgan fingerprint density at radius 1 is 1.20 bits per heavy atom. The summed E-state index contributed by atoms with van der Waals surface area (Å²) in [6, 6.07) is 12.4. The van der Waals surface area contributed by atoms with Crippen LogP contribution in [0.15, 0.2) is 53.4 Å². The van der Waals surface area contributed by atoms with Gasteiger partial charge in [-0.15, -0.1) is 0 Å². The normalized spacial score (nSPS) is 18.8. The van der Waals surface area contributed by atoms with E-state index in [1.165, 1.54) is 30.3 Å². The number of ether oxygens (including phenoxy) is 2. The Morgan fingerprint density at radius 3 is 2.60 bits per heavy atom. The number of hydrogen-bond donors (Lipinski definition) is 1. The summed E-state index contributed by atoms with van der Waals surface area (Å²) in [6.07, 6.45) is 3.64. The highest BCUT2D eigenvalue weighted by molar-refractivity contribution is 8.18. The van der Waals surface area contributed by atoms with Crippen LogP contribution in [0.5, 0.6) is 5.75 Å². The number of carbonyl (C=O) groups excluding carboxylic acids is 3. The minimum Gasteiger partial charge on any atom is -0.491 e. The molecular weight excluding hydrogens is 474 g/mol. The molecule has 0 saturated carbocycles. The van der Waals surface area contributed by atoms with E-state index in [1.807, 2.05) is 0 Å². The van der Waals surface area contributed by atoms with Crippen LogP contribution in [0.3, 0.4) is 0 Å². The highest BCUT2D eigenvalue weighted by atomic mass is 32.2. The zero-order valence-electron chi connectivity index (χ0n) is 18.7. The van der Waals surface area contributed by atoms with E-state index in [2.05, 4.69) is 5.32 Å². The summed E-state index contributed by atoms with van der Waals surface area (Å²) in [4.78, 5) is 48.8. The SMILES string of the molecule is O=C(NCCN1C(=O)SC(=Cc2ccc([N+](=O)[O-])cc2)C1=O)c1ccc(OCC2CCCO2)cc1. The minimum absolute atomic E-state index is 0.0244. The first kappa shape index (κ1) is 24.4. The van der Waals surface area contributed by atoms with Crippen molar-refractivity contribution in [1.82, 2.24) is 10.2 Å². The molecule has 2 aromatic carbocycles. The van der Waals surface area contributed by atoms with Crippen molar-refractivity contribution in [2.45, 2.75) is 18.9 Å². The van der Waals surface area contributed by atoms with Gasteiger partial charge in [0.05, 0.1) is 15.9 Å². The molecule has 0 radical (unpaired) electrons. The molecule has 0 bridgehead atoms. The Hall–Kier alpha value is -3.70. The molecule has 2 aromatic rings. The summed E-state index contributed by atoms with van der Waals surface area (Å²) in [7, 11) is 0. The first-order chi connectivity index (χ1) is 16.9. The number of carbonyl (C=O) groups is 3. The van der Waals surface area contributed by atoms with Crippen LogP contribution in [0.1, 0.15) is 28.8 Å². The van der Waals surface area contributed by atoms with Crippen LogP contribution in [0.25, 0.3) is 6.08 Å². The third-order valence-corrected chi connectivity index (χ3v) is 6.38. The summed E-state index contributed by atoms with van der Waals surface area (Å²) >= 11 is 0.787. The van der Waals surface area contributed by atoms with Crippen LogP contribution in [-0.2, 0) is 9.53 Å². The first-order valence-electron chi connectivity index (χ1n) is 11.0. The lowest BCUT2D eigenvalue weighted by Crippen LogP contribution is -2.37. The number of non-ortho nitro benzene ring substituents is 1. The fourth-order valence-electron chi connectivity index (χ4n) is 3.59. The summed E-state index contributed by atoms with van der Waals surface area (Å²) in [5.41, 5.74) is 0.936. The number of amides is 3. The zero-order chi connectivity index (χ0) is 24.8. The summed E-state index contributed by atoms with van der Waals surface area (Å²) in [6.45, 7) is 1.36. The van der Waals surface area contributed by atoms with Crippen molar-refractivity contribution in [1.29, 1.82) is 0 Å². The van der Waals surface area contributed by atoms with Crippen molar-refractivity contribution in [2.24, 2.45) is 0 Å². The highest BCUT2D eigenvalue weighted by Gasteiger charge is 2.34. The Kier molecular flexibility index (Phi) is 7.78. The summed E-state index contributed by atoms with van der Waals surface area (Å²) in [5, 5.41) is 13.0. The summed E-state index contributed by atoms with van der Waals surface area (Å²) < 4.78 is 11.2. The van der Waals surface area contributed by atoms with Gasteiger partial charge in [-0.25, -0.2) is 0 Å². The van der Waals surface area contributed by atoms with E-state index in [-0.39, 0.29) is 35.7 Å². The lowest BCUT2D eigenvalue weighted by atomic mass is 10.2. The molecule has 35 heavy (non-hydrogen) atoms. The van der Waals surface area contributed by atoms with Gasteiger partial charge in [0.1, 0.15) is 12.4 Å². The van der Waals surface area contributed by atoms with Crippen molar-refractivity contribution >= 4 is 40.6 Å². The molecule has 0 aliphatic carbocycles. The molecule has 0 aromatic heterocycles. The maximum atomic E-state index is 12.6. The predicted molar refractivity (Wildman–Crippen MR) is 129 cm³/mol. The molecule has 182 valence electrons. The fraction of sp³-hybridized carbons (Fsp3) is 0.292. The van der Waals surface area contributed by atoms with Gasteiger partial charge in [-0.3, -0.25) is 29.4 Å². The predicted octanol–water partition coefficient (Wildman–Crippen LogP) is 3.62. The molecule has 0 spiro atoms. The van der Waals surface area contributed by atoms with E-state index in [0.717, 1.165) is 36.1 Å². The van der Waals surface area contributed by atoms with Crippen LogP contribution in [0.4, 0.5) is 10.5 Å². The quantitative estimate of drug-likeness (QED) is 0.316. The van der Waals surface area contributed by atoms with Gasteiger partial charge in [-0.05, 0) is 72.6 Å². The number of thioether (sulfide) groups is 1. The molecule has 11 heteroatoms. The average Bonchev–Trinajstić information content (AvgIpc) is 3.47. The first-order valence-corrected chi connectivity index (χ1v) is 11.8. The molecule has 4 rings (SSSR count). The van der Waals surface area contributed by atoms with E-state index in [9.17, 15) is 24.5 Å². The fourth-order valence-corrected chi connectivity index (χ4v) is 4.45. The van der Waals surface area contributed by atoms with Crippen molar-refractivity contribution in [3.8, 4) is 5.75 Å². The van der Waals surface area contributed by atoms with Gasteiger partial charge in [-0.1, -0.05) is 0 Å². The molecule has 2 heterocycles. The van der Waals surface area contributed by atoms with E-state index < -0.39 is 16.1 Å². The van der Waals surface area contributed by atoms with E-state index in [4.69, 9.17) is 9.47 Å². The van der Waals surface area contributed by atoms with Gasteiger partial charge in [0.2, 0.25) is 0 Å². The van der Waals surface area contributed by atoms with Crippen molar-refractivity contribution in [3.63, 3.8) is 0 Å². The second-order valence-electron chi connectivity index (χ2n) is 7.91. The summed E-state index contributed by atoms with van der Waals surface area (Å²) in [5.74, 6) is -0.154. The zero-order valence-corrected chi connectivity index (χ0v) is 19.5. The Labute approximate surface area is 205 Å². The topological polar surface area (TPSA) is 128 Å². The van der Waals surface area contributed by atoms with Gasteiger partial charge >= 0.3 is 0 Å². The molecule has 1 atom stereocenters. The number of nitro benzene ring substituents is 1. The van der Waals surface area contributed by atoms with Crippen LogP contribution >= 0.6 is 11.8 Å². The van der Waals surface area contributed by atoms with Gasteiger partial charge in [0.15, 0.2) is 0 Å². The average molecular weight is 498 g/mol. The molecular formula is C24H23N3O7S. The molecule has 2 aliphatic rings. The third kappa shape index (κ3) is 6.25. The van der Waals surface area contributed by atoms with Gasteiger partial charge < -0.3 is 14.8 Å². The number of nitrogens with one attached hydrogen (secondary N) is 1. The second-order valence-corrected chi connectivity index (χ2v) is 8.90. The second kappa shape index (κ2) is 11.2. The molecule has 3 amide bonds. The molecule has 2 aliphatic heterocycles. The van der Waals surface area contributed by atoms with Crippen molar-refractivity contribution in [2.75, 3.05) is 26.3 Å². The standard InChI is InChI=1S/C24H23N3O7S/c28-22(17-5-9-19(10-6-17)34-15-20-2-1-13-33-20)25-11-12-26-23(29)21(35-24(26)30)14-16-3-7-18(8-4-16)27(31)32/h3-10,14,20H,1-2,11-13,15H2,(H,25,28). The number of nitro groups is 1. The minimum atomic E-state index is -0.513. The smallest absolute Gasteiger partial charge is 0.293 e. The monoisotopic (exact) mass is 497 g/mol.